The van der Waals surface area contributed by atoms with Crippen molar-refractivity contribution < 1.29 is 0 Å². The Hall–Kier alpha value is -1.30. The summed E-state index contributed by atoms with van der Waals surface area (Å²) in [7, 11) is 0. The van der Waals surface area contributed by atoms with Crippen LogP contribution in [0.1, 0.15) is 64.7 Å². The molecule has 0 heterocycles. The monoisotopic (exact) mass is 272 g/mol. The van der Waals surface area contributed by atoms with Crippen LogP contribution in [0.25, 0.3) is 0 Å². The Bertz CT molecular complexity index is 302. The normalized spacial score (nSPS) is 12.4. The number of rotatable bonds is 13. The van der Waals surface area contributed by atoms with Crippen LogP contribution in [0.15, 0.2) is 61.3 Å². The molecule has 0 aromatic heterocycles. The third-order valence-corrected chi connectivity index (χ3v) is 3.16. The van der Waals surface area contributed by atoms with E-state index in [4.69, 9.17) is 0 Å². The molecule has 0 aliphatic carbocycles. The second-order valence-corrected chi connectivity index (χ2v) is 5.08. The van der Waals surface area contributed by atoms with E-state index < -0.39 is 0 Å². The van der Waals surface area contributed by atoms with Gasteiger partial charge in [0.05, 0.1) is 0 Å². The summed E-state index contributed by atoms with van der Waals surface area (Å²) in [6.45, 7) is 5.89. The molecule has 0 aliphatic heterocycles. The summed E-state index contributed by atoms with van der Waals surface area (Å²) in [6.07, 6.45) is 30.6. The molecule has 20 heavy (non-hydrogen) atoms. The number of hydrogen-bond donors (Lipinski definition) is 0. The summed E-state index contributed by atoms with van der Waals surface area (Å²) in [5.74, 6) is 0. The van der Waals surface area contributed by atoms with Gasteiger partial charge in [-0.25, -0.2) is 0 Å². The highest BCUT2D eigenvalue weighted by molar-refractivity contribution is 5.17. The van der Waals surface area contributed by atoms with Gasteiger partial charge in [-0.3, -0.25) is 0 Å². The maximum Gasteiger partial charge on any atom is -0.0348 e. The quantitative estimate of drug-likeness (QED) is 0.252. The molecule has 0 saturated heterocycles. The van der Waals surface area contributed by atoms with Gasteiger partial charge in [0.15, 0.2) is 0 Å². The summed E-state index contributed by atoms with van der Waals surface area (Å²) in [5.41, 5.74) is 0. The molecule has 0 amide bonds. The third-order valence-electron chi connectivity index (χ3n) is 3.16. The molecule has 0 radical (unpaired) electrons. The second-order valence-electron chi connectivity index (χ2n) is 5.08. The Morgan fingerprint density at radius 3 is 1.70 bits per heavy atom. The predicted molar refractivity (Wildman–Crippen MR) is 94.0 cm³/mol. The van der Waals surface area contributed by atoms with E-state index in [1.54, 1.807) is 6.08 Å². The van der Waals surface area contributed by atoms with Crippen molar-refractivity contribution in [2.75, 3.05) is 0 Å². The van der Waals surface area contributed by atoms with Crippen molar-refractivity contribution in [1.29, 1.82) is 0 Å². The van der Waals surface area contributed by atoms with E-state index in [0.717, 1.165) is 0 Å². The zero-order chi connectivity index (χ0) is 14.7. The SMILES string of the molecule is C=C/C=C\C=CC=CC=CCCCCCCCCCC. The summed E-state index contributed by atoms with van der Waals surface area (Å²) in [4.78, 5) is 0. The molecule has 0 N–H and O–H groups in total. The maximum atomic E-state index is 3.62. The van der Waals surface area contributed by atoms with E-state index in [0.29, 0.717) is 0 Å². The van der Waals surface area contributed by atoms with Crippen molar-refractivity contribution in [3.63, 3.8) is 0 Å². The van der Waals surface area contributed by atoms with Gasteiger partial charge >= 0.3 is 0 Å². The zero-order valence-corrected chi connectivity index (χ0v) is 13.3. The average Bonchev–Trinajstić information content (AvgIpc) is 2.47. The van der Waals surface area contributed by atoms with Crippen LogP contribution < -0.4 is 0 Å². The molecular formula is C20H32. The van der Waals surface area contributed by atoms with Crippen LogP contribution >= 0.6 is 0 Å². The van der Waals surface area contributed by atoms with E-state index in [2.05, 4.69) is 37.8 Å². The fourth-order valence-corrected chi connectivity index (χ4v) is 1.97. The Balaban J connectivity index is 3.31. The Labute approximate surface area is 126 Å². The molecule has 0 atom stereocenters. The molecule has 0 nitrogen and oxygen atoms in total. The number of allylic oxidation sites excluding steroid dienone is 9. The smallest absolute Gasteiger partial charge is 0.0348 e. The fourth-order valence-electron chi connectivity index (χ4n) is 1.97. The van der Waals surface area contributed by atoms with Gasteiger partial charge in [-0.1, -0.05) is 113 Å². The lowest BCUT2D eigenvalue weighted by molar-refractivity contribution is 0.577. The average molecular weight is 272 g/mol. The van der Waals surface area contributed by atoms with E-state index in [-0.39, 0.29) is 0 Å². The first-order valence-electron chi connectivity index (χ1n) is 8.19. The van der Waals surface area contributed by atoms with Gasteiger partial charge in [0, 0.05) is 0 Å². The van der Waals surface area contributed by atoms with Crippen molar-refractivity contribution in [2.45, 2.75) is 64.7 Å². The molecule has 0 saturated carbocycles. The van der Waals surface area contributed by atoms with E-state index in [9.17, 15) is 0 Å². The summed E-state index contributed by atoms with van der Waals surface area (Å²) < 4.78 is 0. The van der Waals surface area contributed by atoms with Gasteiger partial charge in [-0.15, -0.1) is 0 Å². The molecule has 0 fully saturated rings. The molecule has 0 bridgehead atoms. The van der Waals surface area contributed by atoms with Crippen LogP contribution in [0.4, 0.5) is 0 Å². The molecule has 0 aromatic rings. The zero-order valence-electron chi connectivity index (χ0n) is 13.3. The van der Waals surface area contributed by atoms with Gasteiger partial charge in [0.25, 0.3) is 0 Å². The number of unbranched alkanes of at least 4 members (excludes halogenated alkanes) is 8. The molecule has 0 rings (SSSR count). The highest BCUT2D eigenvalue weighted by Crippen LogP contribution is 2.09. The maximum absolute atomic E-state index is 3.62. The van der Waals surface area contributed by atoms with Crippen LogP contribution in [0.3, 0.4) is 0 Å². The van der Waals surface area contributed by atoms with Gasteiger partial charge in [-0.2, -0.15) is 0 Å². The van der Waals surface area contributed by atoms with Crippen LogP contribution in [-0.2, 0) is 0 Å². The minimum Gasteiger partial charge on any atom is -0.0991 e. The van der Waals surface area contributed by atoms with Crippen LogP contribution in [0.5, 0.6) is 0 Å². The second kappa shape index (κ2) is 17.7. The van der Waals surface area contributed by atoms with Crippen LogP contribution in [0.2, 0.25) is 0 Å². The topological polar surface area (TPSA) is 0 Å². The molecule has 112 valence electrons. The first kappa shape index (κ1) is 18.7. The van der Waals surface area contributed by atoms with E-state index in [1.807, 2.05) is 24.3 Å². The summed E-state index contributed by atoms with van der Waals surface area (Å²) >= 11 is 0. The summed E-state index contributed by atoms with van der Waals surface area (Å²) in [6, 6.07) is 0. The third kappa shape index (κ3) is 16.7. The molecule has 0 spiro atoms. The van der Waals surface area contributed by atoms with Gasteiger partial charge in [-0.05, 0) is 12.8 Å². The Morgan fingerprint density at radius 2 is 1.10 bits per heavy atom. The van der Waals surface area contributed by atoms with Gasteiger partial charge in [0.2, 0.25) is 0 Å². The Kier molecular flexibility index (Phi) is 16.5. The first-order chi connectivity index (χ1) is 9.91. The van der Waals surface area contributed by atoms with E-state index in [1.165, 1.54) is 57.8 Å². The van der Waals surface area contributed by atoms with Crippen molar-refractivity contribution in [3.05, 3.63) is 61.3 Å². The van der Waals surface area contributed by atoms with E-state index >= 15 is 0 Å². The largest absolute Gasteiger partial charge is 0.0991 e. The lowest BCUT2D eigenvalue weighted by Gasteiger charge is -1.99. The molecular weight excluding hydrogens is 240 g/mol. The minimum absolute atomic E-state index is 1.21. The van der Waals surface area contributed by atoms with Gasteiger partial charge < -0.3 is 0 Å². The molecule has 0 aromatic carbocycles. The lowest BCUT2D eigenvalue weighted by Crippen LogP contribution is -1.79. The first-order valence-corrected chi connectivity index (χ1v) is 8.19. The summed E-state index contributed by atoms with van der Waals surface area (Å²) in [5, 5.41) is 0. The predicted octanol–water partition coefficient (Wildman–Crippen LogP) is 6.93. The van der Waals surface area contributed by atoms with Crippen molar-refractivity contribution >= 4 is 0 Å². The molecule has 0 heteroatoms. The van der Waals surface area contributed by atoms with Crippen LogP contribution in [-0.4, -0.2) is 0 Å². The van der Waals surface area contributed by atoms with Crippen LogP contribution in [0, 0.1) is 0 Å². The number of hydrogen-bond acceptors (Lipinski definition) is 0. The molecule has 0 aliphatic rings. The van der Waals surface area contributed by atoms with Crippen molar-refractivity contribution in [2.24, 2.45) is 0 Å². The lowest BCUT2D eigenvalue weighted by atomic mass is 10.1. The minimum atomic E-state index is 1.21. The Morgan fingerprint density at radius 1 is 0.600 bits per heavy atom. The fraction of sp³-hybridized carbons (Fsp3) is 0.500. The van der Waals surface area contributed by atoms with Gasteiger partial charge in [0.1, 0.15) is 0 Å². The van der Waals surface area contributed by atoms with Crippen molar-refractivity contribution in [3.8, 4) is 0 Å². The highest BCUT2D eigenvalue weighted by Gasteiger charge is 1.89. The molecule has 0 unspecified atom stereocenters. The highest BCUT2D eigenvalue weighted by atomic mass is 14.0. The van der Waals surface area contributed by atoms with Crippen molar-refractivity contribution in [1.82, 2.24) is 0 Å². The standard InChI is InChI=1S/C20H32/c1-3-5-7-9-11-13-15-17-19-20-18-16-14-12-10-8-6-4-2/h3,5,7,9,11,13,15,17,19H,1,4,6,8,10,12,14,16,18,20H2,2H3/b7-5-,11-9?,15-13?,19-17?.